The van der Waals surface area contributed by atoms with Crippen molar-refractivity contribution in [3.8, 4) is 0 Å². The lowest BCUT2D eigenvalue weighted by Gasteiger charge is -1.99. The van der Waals surface area contributed by atoms with Gasteiger partial charge in [0.2, 0.25) is 0 Å². The number of nitrogen functional groups attached to an aromatic ring is 1. The lowest BCUT2D eigenvalue weighted by molar-refractivity contribution is 0.384. The van der Waals surface area contributed by atoms with Gasteiger partial charge >= 0.3 is 0 Å². The molecule has 3 rings (SSSR count). The molecule has 0 saturated heterocycles. The predicted octanol–water partition coefficient (Wildman–Crippen LogP) is 3.09. The molecule has 0 amide bonds. The summed E-state index contributed by atoms with van der Waals surface area (Å²) in [5.74, 6) is 2.60. The molecular formula is C14H16N2O. The van der Waals surface area contributed by atoms with E-state index in [4.69, 9.17) is 10.3 Å². The minimum Gasteiger partial charge on any atom is -0.381 e. The Morgan fingerprint density at radius 3 is 2.76 bits per heavy atom. The quantitative estimate of drug-likeness (QED) is 0.878. The molecule has 0 spiro atoms. The molecule has 3 nitrogen and oxygen atoms in total. The van der Waals surface area contributed by atoms with Crippen molar-refractivity contribution in [2.45, 2.75) is 31.6 Å². The van der Waals surface area contributed by atoms with Gasteiger partial charge in [0.1, 0.15) is 5.76 Å². The summed E-state index contributed by atoms with van der Waals surface area (Å²) in [5, 5.41) is 3.88. The molecule has 1 aromatic carbocycles. The Morgan fingerprint density at radius 2 is 2.06 bits per heavy atom. The molecule has 1 aromatic heterocycles. The lowest BCUT2D eigenvalue weighted by atomic mass is 10.1. The fourth-order valence-electron chi connectivity index (χ4n) is 2.54. The van der Waals surface area contributed by atoms with E-state index in [1.54, 1.807) is 0 Å². The third-order valence-electron chi connectivity index (χ3n) is 3.56. The van der Waals surface area contributed by atoms with E-state index in [0.29, 0.717) is 17.7 Å². The highest BCUT2D eigenvalue weighted by atomic mass is 16.5. The lowest BCUT2D eigenvalue weighted by Crippen LogP contribution is -1.92. The van der Waals surface area contributed by atoms with Gasteiger partial charge in [-0.25, -0.2) is 0 Å². The van der Waals surface area contributed by atoms with Gasteiger partial charge in [-0.1, -0.05) is 42.4 Å². The molecule has 17 heavy (non-hydrogen) atoms. The number of hydrogen-bond acceptors (Lipinski definition) is 3. The van der Waals surface area contributed by atoms with E-state index in [-0.39, 0.29) is 0 Å². The first-order valence-corrected chi connectivity index (χ1v) is 6.10. The third kappa shape index (κ3) is 1.71. The average molecular weight is 228 g/mol. The fourth-order valence-corrected chi connectivity index (χ4v) is 2.54. The van der Waals surface area contributed by atoms with Crippen LogP contribution < -0.4 is 5.73 Å². The number of nitrogens with zero attached hydrogens (tertiary/aromatic N) is 1. The van der Waals surface area contributed by atoms with Crippen LogP contribution in [0.15, 0.2) is 34.9 Å². The fraction of sp³-hybridized carbons (Fsp3) is 0.357. The van der Waals surface area contributed by atoms with Crippen LogP contribution in [0.25, 0.3) is 0 Å². The maximum Gasteiger partial charge on any atom is 0.170 e. The molecule has 2 atom stereocenters. The second-order valence-corrected chi connectivity index (χ2v) is 4.62. The predicted molar refractivity (Wildman–Crippen MR) is 66.8 cm³/mol. The van der Waals surface area contributed by atoms with E-state index < -0.39 is 0 Å². The molecule has 2 N–H and O–H groups in total. The van der Waals surface area contributed by atoms with Gasteiger partial charge in [-0.3, -0.25) is 0 Å². The van der Waals surface area contributed by atoms with Gasteiger partial charge in [-0.05, 0) is 24.3 Å². The van der Waals surface area contributed by atoms with Gasteiger partial charge in [0.05, 0.1) is 0 Å². The normalized spacial score (nSPS) is 22.6. The molecular weight excluding hydrogens is 212 g/mol. The summed E-state index contributed by atoms with van der Waals surface area (Å²) in [6, 6.07) is 10.6. The second-order valence-electron chi connectivity index (χ2n) is 4.62. The molecule has 0 aliphatic heterocycles. The highest BCUT2D eigenvalue weighted by Gasteiger charge is 2.43. The largest absolute Gasteiger partial charge is 0.381 e. The summed E-state index contributed by atoms with van der Waals surface area (Å²) in [7, 11) is 0. The first kappa shape index (κ1) is 10.4. The van der Waals surface area contributed by atoms with Crippen molar-refractivity contribution in [1.29, 1.82) is 0 Å². The number of aromatic nitrogens is 1. The Bertz CT molecular complexity index is 518. The molecule has 1 fully saturated rings. The Morgan fingerprint density at radius 1 is 1.29 bits per heavy atom. The summed E-state index contributed by atoms with van der Waals surface area (Å²) in [4.78, 5) is 0. The Labute approximate surface area is 101 Å². The maximum atomic E-state index is 5.80. The summed E-state index contributed by atoms with van der Waals surface area (Å²) in [6.07, 6.45) is 2.04. The van der Waals surface area contributed by atoms with Gasteiger partial charge in [-0.2, -0.15) is 0 Å². The Balaban J connectivity index is 1.85. The van der Waals surface area contributed by atoms with Crippen molar-refractivity contribution < 1.29 is 4.52 Å². The molecule has 1 aliphatic carbocycles. The van der Waals surface area contributed by atoms with Crippen molar-refractivity contribution in [2.24, 2.45) is 0 Å². The van der Waals surface area contributed by atoms with Crippen LogP contribution in [0.2, 0.25) is 0 Å². The van der Waals surface area contributed by atoms with Crippen LogP contribution in [0.1, 0.15) is 42.1 Å². The van der Waals surface area contributed by atoms with Crippen LogP contribution in [0.5, 0.6) is 0 Å². The standard InChI is InChI=1S/C14H16N2O/c1-2-10-13(17-16-14(10)15)12-8-11(12)9-6-4-3-5-7-9/h3-7,11-12H,2,8H2,1H3,(H2,15,16). The SMILES string of the molecule is CCc1c(N)noc1C1CC1c1ccccc1. The molecule has 3 heteroatoms. The van der Waals surface area contributed by atoms with E-state index in [9.17, 15) is 0 Å². The maximum absolute atomic E-state index is 5.80. The third-order valence-corrected chi connectivity index (χ3v) is 3.56. The molecule has 1 saturated carbocycles. The van der Waals surface area contributed by atoms with Gasteiger partial charge < -0.3 is 10.3 Å². The van der Waals surface area contributed by atoms with Gasteiger partial charge in [0.15, 0.2) is 5.82 Å². The summed E-state index contributed by atoms with van der Waals surface area (Å²) in [6.45, 7) is 2.09. The molecule has 1 aliphatic rings. The first-order valence-electron chi connectivity index (χ1n) is 6.10. The smallest absolute Gasteiger partial charge is 0.170 e. The average Bonchev–Trinajstić information content (AvgIpc) is 3.08. The Hall–Kier alpha value is -1.77. The van der Waals surface area contributed by atoms with E-state index >= 15 is 0 Å². The monoisotopic (exact) mass is 228 g/mol. The van der Waals surface area contributed by atoms with E-state index in [2.05, 4.69) is 36.3 Å². The molecule has 88 valence electrons. The summed E-state index contributed by atoms with van der Waals surface area (Å²) in [5.41, 5.74) is 8.27. The topological polar surface area (TPSA) is 52.0 Å². The molecule has 0 bridgehead atoms. The van der Waals surface area contributed by atoms with Crippen molar-refractivity contribution in [3.05, 3.63) is 47.2 Å². The number of hydrogen-bond donors (Lipinski definition) is 1. The van der Waals surface area contributed by atoms with Crippen LogP contribution in [-0.2, 0) is 6.42 Å². The number of anilines is 1. The minimum absolute atomic E-state index is 0.470. The second kappa shape index (κ2) is 3.91. The highest BCUT2D eigenvalue weighted by Crippen LogP contribution is 2.55. The summed E-state index contributed by atoms with van der Waals surface area (Å²) >= 11 is 0. The molecule has 0 radical (unpaired) electrons. The van der Waals surface area contributed by atoms with Gasteiger partial charge in [-0.15, -0.1) is 0 Å². The Kier molecular flexibility index (Phi) is 2.39. The van der Waals surface area contributed by atoms with Crippen molar-refractivity contribution in [3.63, 3.8) is 0 Å². The zero-order valence-corrected chi connectivity index (χ0v) is 9.89. The van der Waals surface area contributed by atoms with Crippen LogP contribution in [0.4, 0.5) is 5.82 Å². The van der Waals surface area contributed by atoms with Crippen LogP contribution in [0, 0.1) is 0 Å². The highest BCUT2D eigenvalue weighted by molar-refractivity contribution is 5.45. The minimum atomic E-state index is 0.470. The van der Waals surface area contributed by atoms with Crippen LogP contribution in [0.3, 0.4) is 0 Å². The zero-order valence-electron chi connectivity index (χ0n) is 9.89. The molecule has 2 aromatic rings. The van der Waals surface area contributed by atoms with E-state index in [0.717, 1.165) is 24.2 Å². The van der Waals surface area contributed by atoms with Crippen molar-refractivity contribution in [1.82, 2.24) is 5.16 Å². The van der Waals surface area contributed by atoms with Gasteiger partial charge in [0.25, 0.3) is 0 Å². The van der Waals surface area contributed by atoms with E-state index in [1.807, 2.05) is 6.07 Å². The van der Waals surface area contributed by atoms with Crippen molar-refractivity contribution in [2.75, 3.05) is 5.73 Å². The summed E-state index contributed by atoms with van der Waals surface area (Å²) < 4.78 is 5.39. The number of rotatable bonds is 3. The number of benzene rings is 1. The first-order chi connectivity index (χ1) is 8.31. The zero-order chi connectivity index (χ0) is 11.8. The van der Waals surface area contributed by atoms with Crippen LogP contribution in [-0.4, -0.2) is 5.16 Å². The van der Waals surface area contributed by atoms with Crippen molar-refractivity contribution >= 4 is 5.82 Å². The molecule has 2 unspecified atom stereocenters. The van der Waals surface area contributed by atoms with Gasteiger partial charge in [0, 0.05) is 11.5 Å². The van der Waals surface area contributed by atoms with Crippen LogP contribution >= 0.6 is 0 Å². The number of nitrogens with two attached hydrogens (primary N) is 1. The van der Waals surface area contributed by atoms with E-state index in [1.165, 1.54) is 5.56 Å². The molecule has 1 heterocycles.